The molecule has 2 rings (SSSR count). The average Bonchev–Trinajstić information content (AvgIpc) is 2.71. The Morgan fingerprint density at radius 2 is 2.20 bits per heavy atom. The summed E-state index contributed by atoms with van der Waals surface area (Å²) in [7, 11) is 0. The van der Waals surface area contributed by atoms with Gasteiger partial charge in [-0.2, -0.15) is 0 Å². The van der Waals surface area contributed by atoms with Crippen LogP contribution in [0.4, 0.5) is 0 Å². The minimum absolute atomic E-state index is 0.0114. The van der Waals surface area contributed by atoms with E-state index in [-0.39, 0.29) is 10.3 Å². The second-order valence-corrected chi connectivity index (χ2v) is 4.95. The number of carbonyl (C=O) groups excluding carboxylic acids is 1. The summed E-state index contributed by atoms with van der Waals surface area (Å²) in [6.45, 7) is 0. The van der Waals surface area contributed by atoms with Crippen LogP contribution in [0.2, 0.25) is 0 Å². The molecule has 0 saturated heterocycles. The number of para-hydroxylation sites is 1. The van der Waals surface area contributed by atoms with E-state index < -0.39 is 15.8 Å². The van der Waals surface area contributed by atoms with Crippen molar-refractivity contribution in [2.24, 2.45) is 0 Å². The van der Waals surface area contributed by atoms with Crippen LogP contribution in [0.3, 0.4) is 0 Å². The van der Waals surface area contributed by atoms with E-state index in [9.17, 15) is 9.90 Å². The average molecular weight is 264 g/mol. The molecular formula is C9H7AsN3O2. The SMILES string of the molecule is O=C([As]c1ncn[nH]1)c1ccccc1O. The molecule has 0 spiro atoms. The van der Waals surface area contributed by atoms with Gasteiger partial charge in [0, 0.05) is 0 Å². The Balaban J connectivity index is 2.19. The van der Waals surface area contributed by atoms with Crippen molar-refractivity contribution in [3.63, 3.8) is 0 Å². The summed E-state index contributed by atoms with van der Waals surface area (Å²) in [4.78, 5) is 15.6. The molecule has 1 heterocycles. The summed E-state index contributed by atoms with van der Waals surface area (Å²) in [6.07, 6.45) is 1.36. The zero-order valence-corrected chi connectivity index (χ0v) is 9.46. The summed E-state index contributed by atoms with van der Waals surface area (Å²) >= 11 is -0.770. The fraction of sp³-hybridized carbons (Fsp3) is 0. The van der Waals surface area contributed by atoms with Gasteiger partial charge in [0.25, 0.3) is 0 Å². The summed E-state index contributed by atoms with van der Waals surface area (Å²) in [5.41, 5.74) is 0.342. The Kier molecular flexibility index (Phi) is 2.83. The van der Waals surface area contributed by atoms with E-state index in [0.717, 1.165) is 0 Å². The Labute approximate surface area is 92.2 Å². The van der Waals surface area contributed by atoms with Crippen LogP contribution >= 0.6 is 0 Å². The van der Waals surface area contributed by atoms with Gasteiger partial charge in [-0.25, -0.2) is 0 Å². The van der Waals surface area contributed by atoms with Crippen LogP contribution in [0, 0.1) is 0 Å². The number of benzene rings is 1. The number of hydrogen-bond acceptors (Lipinski definition) is 4. The number of H-pyrrole nitrogens is 1. The standard InChI is InChI=1S/C9H7AsN3O2/c14-7-4-2-1-3-6(7)8(15)10-9-11-5-12-13-9/h1-5,14H,(H,11,12,13). The molecule has 0 aliphatic carbocycles. The molecule has 0 saturated carbocycles. The van der Waals surface area contributed by atoms with Gasteiger partial charge in [0.2, 0.25) is 0 Å². The maximum atomic E-state index is 11.7. The van der Waals surface area contributed by atoms with Crippen molar-refractivity contribution < 1.29 is 9.90 Å². The number of nitrogens with one attached hydrogen (secondary N) is 1. The molecule has 0 bridgehead atoms. The predicted octanol–water partition coefficient (Wildman–Crippen LogP) is -0.320. The van der Waals surface area contributed by atoms with E-state index >= 15 is 0 Å². The molecule has 2 N–H and O–H groups in total. The summed E-state index contributed by atoms with van der Waals surface area (Å²) in [5, 5.41) is 15.8. The number of rotatable bonds is 3. The van der Waals surface area contributed by atoms with E-state index in [2.05, 4.69) is 15.2 Å². The van der Waals surface area contributed by atoms with Crippen molar-refractivity contribution in [2.75, 3.05) is 0 Å². The second-order valence-electron chi connectivity index (χ2n) is 2.74. The van der Waals surface area contributed by atoms with Crippen molar-refractivity contribution in [1.82, 2.24) is 15.2 Å². The van der Waals surface area contributed by atoms with Gasteiger partial charge < -0.3 is 0 Å². The maximum absolute atomic E-state index is 11.7. The molecule has 5 nitrogen and oxygen atoms in total. The van der Waals surface area contributed by atoms with Gasteiger partial charge in [-0.1, -0.05) is 0 Å². The van der Waals surface area contributed by atoms with E-state index in [1.54, 1.807) is 18.2 Å². The Bertz CT molecular complexity index is 470. The van der Waals surface area contributed by atoms with Crippen molar-refractivity contribution >= 4 is 24.9 Å². The molecule has 2 aromatic rings. The van der Waals surface area contributed by atoms with Gasteiger partial charge in [-0.05, 0) is 0 Å². The third kappa shape index (κ3) is 2.25. The fourth-order valence-electron chi connectivity index (χ4n) is 1.06. The molecule has 0 aliphatic heterocycles. The Morgan fingerprint density at radius 3 is 2.87 bits per heavy atom. The van der Waals surface area contributed by atoms with Crippen molar-refractivity contribution in [1.29, 1.82) is 0 Å². The van der Waals surface area contributed by atoms with Crippen LogP contribution in [-0.2, 0) is 0 Å². The first kappa shape index (κ1) is 9.93. The quantitative estimate of drug-likeness (QED) is 0.745. The molecule has 0 aliphatic rings. The van der Waals surface area contributed by atoms with E-state index in [1.165, 1.54) is 12.4 Å². The summed E-state index contributed by atoms with van der Waals surface area (Å²) in [6, 6.07) is 6.49. The zero-order valence-electron chi connectivity index (χ0n) is 7.58. The van der Waals surface area contributed by atoms with E-state index in [4.69, 9.17) is 0 Å². The van der Waals surface area contributed by atoms with Gasteiger partial charge in [-0.3, -0.25) is 0 Å². The molecule has 6 heteroatoms. The van der Waals surface area contributed by atoms with Crippen LogP contribution in [0.1, 0.15) is 10.4 Å². The van der Waals surface area contributed by atoms with Crippen LogP contribution in [0.25, 0.3) is 0 Å². The van der Waals surface area contributed by atoms with Crippen molar-refractivity contribution in [2.45, 2.75) is 0 Å². The predicted molar refractivity (Wildman–Crippen MR) is 54.2 cm³/mol. The van der Waals surface area contributed by atoms with Gasteiger partial charge in [0.05, 0.1) is 0 Å². The molecule has 0 amide bonds. The van der Waals surface area contributed by atoms with Crippen LogP contribution in [0.15, 0.2) is 30.6 Å². The van der Waals surface area contributed by atoms with Crippen LogP contribution in [0.5, 0.6) is 5.75 Å². The minimum atomic E-state index is -0.770. The van der Waals surface area contributed by atoms with Crippen molar-refractivity contribution in [3.8, 4) is 5.75 Å². The van der Waals surface area contributed by atoms with E-state index in [1.807, 2.05) is 0 Å². The number of aromatic nitrogens is 3. The molecule has 1 aromatic heterocycles. The fourth-order valence-corrected chi connectivity index (χ4v) is 2.57. The summed E-state index contributed by atoms with van der Waals surface area (Å²) in [5.74, 6) is 0.0114. The number of hydrogen-bond donors (Lipinski definition) is 2. The number of carbonyl (C=O) groups is 1. The van der Waals surface area contributed by atoms with Gasteiger partial charge in [-0.15, -0.1) is 0 Å². The zero-order chi connectivity index (χ0) is 10.7. The third-order valence-corrected chi connectivity index (χ3v) is 3.57. The Hall–Kier alpha value is -1.61. The van der Waals surface area contributed by atoms with Crippen molar-refractivity contribution in [3.05, 3.63) is 36.2 Å². The van der Waals surface area contributed by atoms with Gasteiger partial charge in [0.1, 0.15) is 0 Å². The molecule has 15 heavy (non-hydrogen) atoms. The molecular weight excluding hydrogens is 257 g/mol. The monoisotopic (exact) mass is 264 g/mol. The summed E-state index contributed by atoms with van der Waals surface area (Å²) < 4.78 is 0.487. The molecule has 1 radical (unpaired) electrons. The molecule has 0 unspecified atom stereocenters. The molecule has 75 valence electrons. The number of phenolic OH excluding ortho intramolecular Hbond substituents is 1. The van der Waals surface area contributed by atoms with Gasteiger partial charge >= 0.3 is 91.9 Å². The van der Waals surface area contributed by atoms with Gasteiger partial charge in [0.15, 0.2) is 0 Å². The number of aromatic hydroxyl groups is 1. The normalized spacial score (nSPS) is 10.9. The van der Waals surface area contributed by atoms with Crippen LogP contribution in [-0.4, -0.2) is 40.6 Å². The second kappa shape index (κ2) is 4.27. The molecule has 0 atom stereocenters. The molecule has 1 aromatic carbocycles. The first-order valence-electron chi connectivity index (χ1n) is 4.17. The number of nitrogens with zero attached hydrogens (tertiary/aromatic N) is 2. The number of aromatic amines is 1. The first-order valence-corrected chi connectivity index (χ1v) is 6.04. The third-order valence-electron chi connectivity index (χ3n) is 1.74. The molecule has 0 fully saturated rings. The topological polar surface area (TPSA) is 78.9 Å². The number of phenols is 1. The van der Waals surface area contributed by atoms with E-state index in [0.29, 0.717) is 10.2 Å². The Morgan fingerprint density at radius 1 is 1.40 bits per heavy atom. The van der Waals surface area contributed by atoms with Crippen LogP contribution < -0.4 is 4.61 Å². The first-order chi connectivity index (χ1) is 7.27.